The van der Waals surface area contributed by atoms with E-state index in [2.05, 4.69) is 43.5 Å². The highest BCUT2D eigenvalue weighted by molar-refractivity contribution is 5.76. The number of carbonyl (C=O) groups excluding carboxylic acids is 1. The van der Waals surface area contributed by atoms with Crippen molar-refractivity contribution in [3.05, 3.63) is 36.5 Å². The van der Waals surface area contributed by atoms with E-state index in [0.29, 0.717) is 6.42 Å². The van der Waals surface area contributed by atoms with Crippen LogP contribution in [0, 0.1) is 0 Å². The lowest BCUT2D eigenvalue weighted by atomic mass is 9.96. The molecule has 0 aliphatic carbocycles. The summed E-state index contributed by atoms with van der Waals surface area (Å²) in [6, 6.07) is -0.974. The molecule has 17 unspecified atom stereocenters. The number of aliphatic hydroxyl groups excluding tert-OH is 11. The van der Waals surface area contributed by atoms with Gasteiger partial charge in [0.25, 0.3) is 0 Å². The third-order valence-electron chi connectivity index (χ3n) is 22.9. The molecule has 0 saturated carbocycles. The highest BCUT2D eigenvalue weighted by atomic mass is 16.8. The number of rotatable bonds is 75. The van der Waals surface area contributed by atoms with Gasteiger partial charge in [-0.2, -0.15) is 0 Å². The van der Waals surface area contributed by atoms with E-state index >= 15 is 0 Å². The highest BCUT2D eigenvalue weighted by Gasteiger charge is 2.54. The smallest absolute Gasteiger partial charge is 0.220 e. The summed E-state index contributed by atoms with van der Waals surface area (Å²) in [7, 11) is 0. The second-order valence-electron chi connectivity index (χ2n) is 32.8. The van der Waals surface area contributed by atoms with Gasteiger partial charge in [-0.25, -0.2) is 0 Å². The van der Waals surface area contributed by atoms with Gasteiger partial charge in [-0.15, -0.1) is 0 Å². The third-order valence-corrected chi connectivity index (χ3v) is 22.9. The van der Waals surface area contributed by atoms with E-state index in [1.807, 2.05) is 6.08 Å². The molecule has 12 N–H and O–H groups in total. The van der Waals surface area contributed by atoms with E-state index < -0.39 is 124 Å². The Morgan fingerprint density at radius 2 is 0.606 bits per heavy atom. The van der Waals surface area contributed by atoms with Crippen molar-refractivity contribution in [2.24, 2.45) is 0 Å². The van der Waals surface area contributed by atoms with Crippen molar-refractivity contribution in [1.29, 1.82) is 0 Å². The molecule has 642 valence electrons. The van der Waals surface area contributed by atoms with Gasteiger partial charge in [0.15, 0.2) is 18.9 Å². The van der Waals surface area contributed by atoms with Crippen molar-refractivity contribution in [3.8, 4) is 0 Å². The Kier molecular flexibility index (Phi) is 65.2. The Hall–Kier alpha value is -1.99. The van der Waals surface area contributed by atoms with E-state index in [4.69, 9.17) is 28.4 Å². The predicted octanol–water partition coefficient (Wildman–Crippen LogP) is 17.4. The number of allylic oxidation sites excluding steroid dienone is 5. The van der Waals surface area contributed by atoms with Crippen molar-refractivity contribution in [2.75, 3.05) is 26.4 Å². The standard InChI is InChI=1S/C90H169NO18/c1-3-5-7-9-11-13-15-17-19-21-23-25-27-29-31-33-35-36-38-40-42-44-46-48-50-52-54-56-58-60-62-64-66-68-78(96)91-73(74(95)67-65-63-61-59-57-55-53-51-49-47-45-43-41-39-37-34-32-30-28-26-24-22-20-18-16-14-12-10-8-6-4-2)72-104-88-84(102)81(99)86(76(70-93)106-88)109-90-85(103)82(100)87(77(71-94)107-90)108-89-83(101)80(98)79(97)75(69-92)105-89/h15,17,21,23,65,67,73-77,79-90,92-95,97-103H,3-14,16,18-20,22,24-64,66,68-72H2,1-2H3,(H,91,96)/b17-15-,23-21-,67-65+. The monoisotopic (exact) mass is 1550 g/mol. The van der Waals surface area contributed by atoms with Crippen LogP contribution in [-0.2, 0) is 33.2 Å². The number of unbranched alkanes of at least 4 members (excludes halogenated alkanes) is 55. The van der Waals surface area contributed by atoms with Crippen molar-refractivity contribution >= 4 is 5.91 Å². The quantitative estimate of drug-likeness (QED) is 0.0199. The first-order chi connectivity index (χ1) is 53.3. The minimum absolute atomic E-state index is 0.248. The average molecular weight is 1550 g/mol. The first-order valence-corrected chi connectivity index (χ1v) is 45.7. The van der Waals surface area contributed by atoms with Gasteiger partial charge in [-0.05, 0) is 51.4 Å². The second kappa shape index (κ2) is 70.2. The number of carbonyl (C=O) groups is 1. The predicted molar refractivity (Wildman–Crippen MR) is 439 cm³/mol. The van der Waals surface area contributed by atoms with Crippen LogP contribution in [0.25, 0.3) is 0 Å². The Morgan fingerprint density at radius 3 is 0.936 bits per heavy atom. The molecule has 0 bridgehead atoms. The fraction of sp³-hybridized carbons (Fsp3) is 0.922. The fourth-order valence-electron chi connectivity index (χ4n) is 15.6. The summed E-state index contributed by atoms with van der Waals surface area (Å²) in [4.78, 5) is 13.5. The van der Waals surface area contributed by atoms with E-state index in [1.54, 1.807) is 6.08 Å². The van der Waals surface area contributed by atoms with Gasteiger partial charge in [0, 0.05) is 6.42 Å². The van der Waals surface area contributed by atoms with Gasteiger partial charge < -0.3 is 89.9 Å². The van der Waals surface area contributed by atoms with Crippen LogP contribution in [0.1, 0.15) is 399 Å². The fourth-order valence-corrected chi connectivity index (χ4v) is 15.6. The number of ether oxygens (including phenoxy) is 6. The molecule has 3 rings (SSSR count). The molecule has 17 atom stereocenters. The molecule has 3 heterocycles. The molecule has 3 aliphatic rings. The number of nitrogens with one attached hydrogen (secondary N) is 1. The number of hydrogen-bond donors (Lipinski definition) is 12. The Balaban J connectivity index is 1.32. The average Bonchev–Trinajstić information content (AvgIpc) is 0.782. The SMILES string of the molecule is CCCCCCC/C=C\C/C=C\CCCCCCCCCCCCCCCCCCCCCCCC(=O)NC(COC1OC(CO)C(OC2OC(CO)C(OC3OC(CO)C(O)C(O)C3O)C(O)C2O)C(O)C1O)C(O)/C=C/CCCCCCCCCCCCCCCCCCCCCCCCCCCCCCC. The molecule has 19 nitrogen and oxygen atoms in total. The molecule has 0 radical (unpaired) electrons. The number of hydrogen-bond acceptors (Lipinski definition) is 18. The maximum atomic E-state index is 13.5. The van der Waals surface area contributed by atoms with Crippen molar-refractivity contribution < 1.29 is 89.4 Å². The molecule has 109 heavy (non-hydrogen) atoms. The van der Waals surface area contributed by atoms with Gasteiger partial charge in [-0.1, -0.05) is 378 Å². The van der Waals surface area contributed by atoms with Crippen LogP contribution in [0.2, 0.25) is 0 Å². The first-order valence-electron chi connectivity index (χ1n) is 45.7. The summed E-state index contributed by atoms with van der Waals surface area (Å²) in [6.07, 6.45) is 63.0. The molecule has 0 aromatic heterocycles. The minimum atomic E-state index is -1.98. The summed E-state index contributed by atoms with van der Waals surface area (Å²) in [6.45, 7) is 1.80. The molecule has 3 fully saturated rings. The lowest BCUT2D eigenvalue weighted by Crippen LogP contribution is -2.66. The topological polar surface area (TPSA) is 307 Å². The molecule has 19 heteroatoms. The van der Waals surface area contributed by atoms with Crippen LogP contribution < -0.4 is 5.32 Å². The van der Waals surface area contributed by atoms with Crippen LogP contribution >= 0.6 is 0 Å². The number of aliphatic hydroxyl groups is 11. The molecular weight excluding hydrogens is 1380 g/mol. The van der Waals surface area contributed by atoms with E-state index in [9.17, 15) is 61.0 Å². The summed E-state index contributed by atoms with van der Waals surface area (Å²) < 4.78 is 34.5. The highest BCUT2D eigenvalue weighted by Crippen LogP contribution is 2.34. The molecule has 0 spiro atoms. The lowest BCUT2D eigenvalue weighted by Gasteiger charge is -2.48. The lowest BCUT2D eigenvalue weighted by molar-refractivity contribution is -0.379. The van der Waals surface area contributed by atoms with E-state index in [0.717, 1.165) is 51.4 Å². The van der Waals surface area contributed by atoms with Crippen molar-refractivity contribution in [2.45, 2.75) is 503 Å². The molecule has 3 saturated heterocycles. The van der Waals surface area contributed by atoms with Gasteiger partial charge in [0.05, 0.1) is 38.6 Å². The minimum Gasteiger partial charge on any atom is -0.394 e. The van der Waals surface area contributed by atoms with Crippen molar-refractivity contribution in [3.63, 3.8) is 0 Å². The van der Waals surface area contributed by atoms with Gasteiger partial charge in [0.2, 0.25) is 5.91 Å². The van der Waals surface area contributed by atoms with Crippen LogP contribution in [0.4, 0.5) is 0 Å². The number of amides is 1. The Labute approximate surface area is 663 Å². The first kappa shape index (κ1) is 101. The second-order valence-corrected chi connectivity index (χ2v) is 32.8. The molecule has 3 aliphatic heterocycles. The van der Waals surface area contributed by atoms with E-state index in [1.165, 1.54) is 321 Å². The summed E-state index contributed by atoms with van der Waals surface area (Å²) in [5.41, 5.74) is 0. The van der Waals surface area contributed by atoms with Crippen LogP contribution in [0.3, 0.4) is 0 Å². The van der Waals surface area contributed by atoms with Crippen LogP contribution in [0.15, 0.2) is 36.5 Å². The van der Waals surface area contributed by atoms with Crippen molar-refractivity contribution in [1.82, 2.24) is 5.32 Å². The largest absolute Gasteiger partial charge is 0.394 e. The Bertz CT molecular complexity index is 2100. The van der Waals surface area contributed by atoms with Gasteiger partial charge >= 0.3 is 0 Å². The zero-order chi connectivity index (χ0) is 78.8. The zero-order valence-electron chi connectivity index (χ0n) is 69.3. The summed E-state index contributed by atoms with van der Waals surface area (Å²) in [5.74, 6) is -0.267. The zero-order valence-corrected chi connectivity index (χ0v) is 69.3. The third kappa shape index (κ3) is 49.0. The summed E-state index contributed by atoms with van der Waals surface area (Å²) >= 11 is 0. The summed E-state index contributed by atoms with van der Waals surface area (Å²) in [5, 5.41) is 121. The van der Waals surface area contributed by atoms with E-state index in [-0.39, 0.29) is 18.9 Å². The molecular formula is C90H169NO18. The van der Waals surface area contributed by atoms with Crippen LogP contribution in [-0.4, -0.2) is 193 Å². The van der Waals surface area contributed by atoms with Gasteiger partial charge in [-0.3, -0.25) is 4.79 Å². The maximum Gasteiger partial charge on any atom is 0.220 e. The molecule has 0 aromatic carbocycles. The van der Waals surface area contributed by atoms with Gasteiger partial charge in [0.1, 0.15) is 73.2 Å². The molecule has 0 aromatic rings. The normalized spacial score (nSPS) is 25.4. The maximum absolute atomic E-state index is 13.5. The Morgan fingerprint density at radius 1 is 0.330 bits per heavy atom. The van der Waals surface area contributed by atoms with Crippen LogP contribution in [0.5, 0.6) is 0 Å². The molecule has 1 amide bonds.